The van der Waals surface area contributed by atoms with Crippen molar-refractivity contribution in [1.82, 2.24) is 10.2 Å². The number of carbonyl (C=O) groups excluding carboxylic acids is 3. The molecular weight excluding hydrogens is 290 g/mol. The summed E-state index contributed by atoms with van der Waals surface area (Å²) in [6, 6.07) is 3.45. The SMILES string of the molecule is O=C1CN(C(=O)c2ccc(NC(=O)C3CC3)s2)CCCN1. The highest BCUT2D eigenvalue weighted by Gasteiger charge is 2.30. The lowest BCUT2D eigenvalue weighted by molar-refractivity contribution is -0.121. The zero-order chi connectivity index (χ0) is 14.8. The van der Waals surface area contributed by atoms with E-state index in [1.807, 2.05) is 0 Å². The van der Waals surface area contributed by atoms with Crippen LogP contribution in [-0.2, 0) is 9.59 Å². The number of rotatable bonds is 3. The van der Waals surface area contributed by atoms with Gasteiger partial charge >= 0.3 is 0 Å². The first-order chi connectivity index (χ1) is 10.1. The first kappa shape index (κ1) is 14.1. The van der Waals surface area contributed by atoms with Gasteiger partial charge in [0.15, 0.2) is 0 Å². The van der Waals surface area contributed by atoms with Crippen LogP contribution in [0, 0.1) is 5.92 Å². The number of anilines is 1. The molecule has 2 fully saturated rings. The molecule has 21 heavy (non-hydrogen) atoms. The summed E-state index contributed by atoms with van der Waals surface area (Å²) in [4.78, 5) is 37.7. The van der Waals surface area contributed by atoms with E-state index in [0.29, 0.717) is 23.0 Å². The zero-order valence-electron chi connectivity index (χ0n) is 11.6. The highest BCUT2D eigenvalue weighted by atomic mass is 32.1. The minimum Gasteiger partial charge on any atom is -0.354 e. The molecule has 1 aromatic rings. The molecular formula is C14H17N3O3S. The van der Waals surface area contributed by atoms with Gasteiger partial charge in [0.25, 0.3) is 5.91 Å². The van der Waals surface area contributed by atoms with Crippen LogP contribution in [0.3, 0.4) is 0 Å². The predicted molar refractivity (Wildman–Crippen MR) is 79.2 cm³/mol. The van der Waals surface area contributed by atoms with Gasteiger partial charge in [-0.3, -0.25) is 14.4 Å². The van der Waals surface area contributed by atoms with Crippen molar-refractivity contribution in [3.8, 4) is 0 Å². The predicted octanol–water partition coefficient (Wildman–Crippen LogP) is 1.06. The molecule has 0 bridgehead atoms. The molecule has 1 aliphatic carbocycles. The molecule has 1 saturated heterocycles. The summed E-state index contributed by atoms with van der Waals surface area (Å²) in [6.07, 6.45) is 2.66. The molecule has 0 radical (unpaired) electrons. The highest BCUT2D eigenvalue weighted by Crippen LogP contribution is 2.31. The lowest BCUT2D eigenvalue weighted by atomic mass is 10.3. The maximum Gasteiger partial charge on any atom is 0.264 e. The number of amides is 3. The maximum absolute atomic E-state index is 12.4. The lowest BCUT2D eigenvalue weighted by Gasteiger charge is -2.17. The van der Waals surface area contributed by atoms with Gasteiger partial charge in [-0.25, -0.2) is 0 Å². The second-order valence-corrected chi connectivity index (χ2v) is 6.44. The normalized spacial score (nSPS) is 18.9. The molecule has 1 saturated carbocycles. The van der Waals surface area contributed by atoms with Crippen LogP contribution in [-0.4, -0.2) is 42.3 Å². The molecule has 2 heterocycles. The van der Waals surface area contributed by atoms with Gasteiger partial charge in [-0.05, 0) is 31.4 Å². The summed E-state index contributed by atoms with van der Waals surface area (Å²) in [5, 5.41) is 6.27. The zero-order valence-corrected chi connectivity index (χ0v) is 12.4. The Morgan fingerprint density at radius 1 is 1.33 bits per heavy atom. The first-order valence-corrected chi connectivity index (χ1v) is 7.92. The van der Waals surface area contributed by atoms with Crippen molar-refractivity contribution >= 4 is 34.1 Å². The molecule has 1 aliphatic heterocycles. The van der Waals surface area contributed by atoms with Crippen LogP contribution < -0.4 is 10.6 Å². The molecule has 0 aromatic carbocycles. The Hall–Kier alpha value is -1.89. The molecule has 112 valence electrons. The van der Waals surface area contributed by atoms with Crippen molar-refractivity contribution in [3.63, 3.8) is 0 Å². The number of hydrogen-bond donors (Lipinski definition) is 2. The fourth-order valence-electron chi connectivity index (χ4n) is 2.22. The van der Waals surface area contributed by atoms with Crippen molar-refractivity contribution in [1.29, 1.82) is 0 Å². The van der Waals surface area contributed by atoms with E-state index in [2.05, 4.69) is 10.6 Å². The van der Waals surface area contributed by atoms with E-state index in [1.54, 1.807) is 17.0 Å². The van der Waals surface area contributed by atoms with Crippen molar-refractivity contribution in [2.45, 2.75) is 19.3 Å². The van der Waals surface area contributed by atoms with Crippen LogP contribution in [0.4, 0.5) is 5.00 Å². The Morgan fingerprint density at radius 2 is 2.14 bits per heavy atom. The number of hydrogen-bond acceptors (Lipinski definition) is 4. The monoisotopic (exact) mass is 307 g/mol. The molecule has 1 aromatic heterocycles. The summed E-state index contributed by atoms with van der Waals surface area (Å²) in [7, 11) is 0. The molecule has 0 unspecified atom stereocenters. The van der Waals surface area contributed by atoms with E-state index >= 15 is 0 Å². The van der Waals surface area contributed by atoms with E-state index in [9.17, 15) is 14.4 Å². The van der Waals surface area contributed by atoms with Crippen LogP contribution in [0.25, 0.3) is 0 Å². The molecule has 7 heteroatoms. The maximum atomic E-state index is 12.4. The summed E-state index contributed by atoms with van der Waals surface area (Å²) in [6.45, 7) is 1.27. The van der Waals surface area contributed by atoms with Gasteiger partial charge in [0.05, 0.1) is 16.4 Å². The minimum atomic E-state index is -0.149. The third-order valence-electron chi connectivity index (χ3n) is 3.56. The van der Waals surface area contributed by atoms with Gasteiger partial charge in [0, 0.05) is 19.0 Å². The molecule has 0 atom stereocenters. The van der Waals surface area contributed by atoms with Gasteiger partial charge in [0.2, 0.25) is 11.8 Å². The van der Waals surface area contributed by atoms with Gasteiger partial charge < -0.3 is 15.5 Å². The van der Waals surface area contributed by atoms with Crippen LogP contribution in [0.15, 0.2) is 12.1 Å². The van der Waals surface area contributed by atoms with Gasteiger partial charge in [-0.15, -0.1) is 11.3 Å². The Kier molecular flexibility index (Phi) is 3.92. The number of thiophene rings is 1. The molecule has 3 rings (SSSR count). The topological polar surface area (TPSA) is 78.5 Å². The van der Waals surface area contributed by atoms with E-state index in [-0.39, 0.29) is 30.2 Å². The van der Waals surface area contributed by atoms with Crippen molar-refractivity contribution in [2.24, 2.45) is 5.92 Å². The average Bonchev–Trinajstić information content (AvgIpc) is 3.24. The fraction of sp³-hybridized carbons (Fsp3) is 0.500. The largest absolute Gasteiger partial charge is 0.354 e. The number of nitrogens with one attached hydrogen (secondary N) is 2. The molecule has 6 nitrogen and oxygen atoms in total. The third kappa shape index (κ3) is 3.41. The first-order valence-electron chi connectivity index (χ1n) is 7.10. The Labute approximate surface area is 126 Å². The van der Waals surface area contributed by atoms with E-state index in [4.69, 9.17) is 0 Å². The van der Waals surface area contributed by atoms with Gasteiger partial charge in [0.1, 0.15) is 0 Å². The standard InChI is InChI=1S/C14H17N3O3S/c18-11-8-17(7-1-6-15-11)14(20)10-4-5-12(21-10)16-13(19)9-2-3-9/h4-5,9H,1-3,6-8H2,(H,15,18)(H,16,19). The number of nitrogens with zero attached hydrogens (tertiary/aromatic N) is 1. The summed E-state index contributed by atoms with van der Waals surface area (Å²) >= 11 is 1.26. The average molecular weight is 307 g/mol. The van der Waals surface area contributed by atoms with Crippen LogP contribution in [0.1, 0.15) is 28.9 Å². The van der Waals surface area contributed by atoms with Crippen LogP contribution in [0.5, 0.6) is 0 Å². The van der Waals surface area contributed by atoms with Gasteiger partial charge in [-0.1, -0.05) is 0 Å². The second kappa shape index (κ2) is 5.85. The lowest BCUT2D eigenvalue weighted by Crippen LogP contribution is -2.37. The third-order valence-corrected chi connectivity index (χ3v) is 4.55. The van der Waals surface area contributed by atoms with Crippen LogP contribution in [0.2, 0.25) is 0 Å². The van der Waals surface area contributed by atoms with E-state index < -0.39 is 0 Å². The highest BCUT2D eigenvalue weighted by molar-refractivity contribution is 7.18. The Bertz CT molecular complexity index is 580. The minimum absolute atomic E-state index is 0.0324. The molecule has 3 amide bonds. The smallest absolute Gasteiger partial charge is 0.264 e. The van der Waals surface area contributed by atoms with Gasteiger partial charge in [-0.2, -0.15) is 0 Å². The van der Waals surface area contributed by atoms with Crippen molar-refractivity contribution < 1.29 is 14.4 Å². The molecule has 0 spiro atoms. The Balaban J connectivity index is 1.65. The second-order valence-electron chi connectivity index (χ2n) is 5.36. The molecule has 2 aliphatic rings. The van der Waals surface area contributed by atoms with E-state index in [1.165, 1.54) is 11.3 Å². The number of carbonyl (C=O) groups is 3. The van der Waals surface area contributed by atoms with Crippen molar-refractivity contribution in [2.75, 3.05) is 25.0 Å². The van der Waals surface area contributed by atoms with Crippen molar-refractivity contribution in [3.05, 3.63) is 17.0 Å². The molecule has 2 N–H and O–H groups in total. The summed E-state index contributed by atoms with van der Waals surface area (Å²) < 4.78 is 0. The van der Waals surface area contributed by atoms with E-state index in [0.717, 1.165) is 19.3 Å². The quantitative estimate of drug-likeness (QED) is 0.876. The summed E-state index contributed by atoms with van der Waals surface area (Å²) in [5.41, 5.74) is 0. The summed E-state index contributed by atoms with van der Waals surface area (Å²) in [5.74, 6) is -0.103. The van der Waals surface area contributed by atoms with Crippen LogP contribution >= 0.6 is 11.3 Å². The Morgan fingerprint density at radius 3 is 2.90 bits per heavy atom. The fourth-order valence-corrected chi connectivity index (χ4v) is 3.10.